The Hall–Kier alpha value is -0.980. The Balaban J connectivity index is 2.90. The van der Waals surface area contributed by atoms with Crippen LogP contribution in [0, 0.1) is 5.41 Å². The van der Waals surface area contributed by atoms with Crippen LogP contribution < -0.4 is 0 Å². The summed E-state index contributed by atoms with van der Waals surface area (Å²) in [6.45, 7) is 4.30. The summed E-state index contributed by atoms with van der Waals surface area (Å²) in [4.78, 5) is 0. The first kappa shape index (κ1) is 8.12. The van der Waals surface area contributed by atoms with E-state index in [-0.39, 0.29) is 5.41 Å². The van der Waals surface area contributed by atoms with Crippen LogP contribution in [0.4, 0.5) is 0 Å². The molecule has 1 heteroatoms. The molecule has 0 spiro atoms. The van der Waals surface area contributed by atoms with Crippen LogP contribution in [0.25, 0.3) is 0 Å². The highest BCUT2D eigenvalue weighted by atomic mass is 16.5. The van der Waals surface area contributed by atoms with E-state index in [0.717, 1.165) is 5.76 Å². The highest BCUT2D eigenvalue weighted by molar-refractivity contribution is 5.26. The Morgan fingerprint density at radius 1 is 1.27 bits per heavy atom. The molecule has 1 aliphatic carbocycles. The van der Waals surface area contributed by atoms with Crippen molar-refractivity contribution >= 4 is 0 Å². The predicted octanol–water partition coefficient (Wildman–Crippen LogP) is 2.67. The largest absolute Gasteiger partial charge is 0.497 e. The highest BCUT2D eigenvalue weighted by Crippen LogP contribution is 2.23. The summed E-state index contributed by atoms with van der Waals surface area (Å²) in [6.07, 6.45) is 10.3. The van der Waals surface area contributed by atoms with Crippen molar-refractivity contribution in [3.8, 4) is 0 Å². The van der Waals surface area contributed by atoms with Gasteiger partial charge in [-0.05, 0) is 12.2 Å². The summed E-state index contributed by atoms with van der Waals surface area (Å²) in [7, 11) is 1.69. The van der Waals surface area contributed by atoms with Crippen LogP contribution >= 0.6 is 0 Å². The summed E-state index contributed by atoms with van der Waals surface area (Å²) < 4.78 is 5.14. The van der Waals surface area contributed by atoms with Gasteiger partial charge in [0.1, 0.15) is 5.76 Å². The summed E-state index contributed by atoms with van der Waals surface area (Å²) in [6, 6.07) is 0. The topological polar surface area (TPSA) is 9.23 Å². The fourth-order valence-electron chi connectivity index (χ4n) is 1.04. The lowest BCUT2D eigenvalue weighted by atomic mass is 9.93. The molecule has 0 unspecified atom stereocenters. The van der Waals surface area contributed by atoms with Crippen LogP contribution in [-0.4, -0.2) is 7.11 Å². The Morgan fingerprint density at radius 2 is 2.00 bits per heavy atom. The van der Waals surface area contributed by atoms with Crippen molar-refractivity contribution in [3.05, 3.63) is 36.1 Å². The lowest BCUT2D eigenvalue weighted by Crippen LogP contribution is -2.03. The molecule has 0 fully saturated rings. The van der Waals surface area contributed by atoms with Gasteiger partial charge in [-0.25, -0.2) is 0 Å². The van der Waals surface area contributed by atoms with Crippen molar-refractivity contribution in [3.63, 3.8) is 0 Å². The molecule has 0 N–H and O–H groups in total. The minimum Gasteiger partial charge on any atom is -0.497 e. The van der Waals surface area contributed by atoms with E-state index >= 15 is 0 Å². The van der Waals surface area contributed by atoms with Crippen molar-refractivity contribution in [2.24, 2.45) is 5.41 Å². The van der Waals surface area contributed by atoms with Crippen LogP contribution in [-0.2, 0) is 4.74 Å². The van der Waals surface area contributed by atoms with E-state index in [4.69, 9.17) is 4.74 Å². The molecule has 0 aliphatic heterocycles. The Bertz CT molecular complexity index is 219. The van der Waals surface area contributed by atoms with Gasteiger partial charge in [-0.15, -0.1) is 0 Å². The van der Waals surface area contributed by atoms with E-state index < -0.39 is 0 Å². The van der Waals surface area contributed by atoms with Crippen LogP contribution in [0.1, 0.15) is 13.8 Å². The monoisotopic (exact) mass is 150 g/mol. The molecule has 1 aliphatic rings. The maximum Gasteiger partial charge on any atom is 0.115 e. The lowest BCUT2D eigenvalue weighted by Gasteiger charge is -2.14. The average molecular weight is 150 g/mol. The number of ether oxygens (including phenoxy) is 1. The third-order valence-electron chi connectivity index (χ3n) is 1.65. The van der Waals surface area contributed by atoms with Gasteiger partial charge in [-0.2, -0.15) is 0 Å². The Kier molecular flexibility index (Phi) is 2.18. The first-order chi connectivity index (χ1) is 5.14. The van der Waals surface area contributed by atoms with Crippen molar-refractivity contribution in [1.29, 1.82) is 0 Å². The summed E-state index contributed by atoms with van der Waals surface area (Å²) in [5.74, 6) is 0.931. The Morgan fingerprint density at radius 3 is 2.64 bits per heavy atom. The summed E-state index contributed by atoms with van der Waals surface area (Å²) >= 11 is 0. The number of hydrogen-bond donors (Lipinski definition) is 0. The van der Waals surface area contributed by atoms with Crippen LogP contribution in [0.2, 0.25) is 0 Å². The SMILES string of the molecule is COC1=CC(C)(C)C=CC=C1. The average Bonchev–Trinajstić information content (AvgIpc) is 2.10. The van der Waals surface area contributed by atoms with Crippen molar-refractivity contribution in [1.82, 2.24) is 0 Å². The molecule has 60 valence electrons. The quantitative estimate of drug-likeness (QED) is 0.558. The van der Waals surface area contributed by atoms with Gasteiger partial charge in [-0.3, -0.25) is 0 Å². The van der Waals surface area contributed by atoms with Crippen LogP contribution in [0.5, 0.6) is 0 Å². The summed E-state index contributed by atoms with van der Waals surface area (Å²) in [5.41, 5.74) is 0.106. The summed E-state index contributed by atoms with van der Waals surface area (Å²) in [5, 5.41) is 0. The molecule has 0 bridgehead atoms. The van der Waals surface area contributed by atoms with E-state index in [1.54, 1.807) is 7.11 Å². The standard InChI is InChI=1S/C10H14O/c1-10(2)7-5-4-6-9(8-10)11-3/h4-8H,1-3H3. The second-order valence-corrected chi connectivity index (χ2v) is 3.29. The number of allylic oxidation sites excluding steroid dienone is 5. The van der Waals surface area contributed by atoms with Crippen molar-refractivity contribution in [2.45, 2.75) is 13.8 Å². The number of methoxy groups -OCH3 is 1. The van der Waals surface area contributed by atoms with Gasteiger partial charge in [0.2, 0.25) is 0 Å². The van der Waals surface area contributed by atoms with Gasteiger partial charge >= 0.3 is 0 Å². The van der Waals surface area contributed by atoms with E-state index in [2.05, 4.69) is 26.0 Å². The highest BCUT2D eigenvalue weighted by Gasteiger charge is 2.12. The molecular weight excluding hydrogens is 136 g/mol. The normalized spacial score (nSPS) is 20.8. The van der Waals surface area contributed by atoms with Crippen molar-refractivity contribution < 1.29 is 4.74 Å². The molecule has 0 saturated heterocycles. The molecule has 1 nitrogen and oxygen atoms in total. The number of rotatable bonds is 1. The first-order valence-corrected chi connectivity index (χ1v) is 3.77. The molecular formula is C10H14O. The van der Waals surface area contributed by atoms with Gasteiger partial charge in [0.15, 0.2) is 0 Å². The molecule has 0 atom stereocenters. The minimum atomic E-state index is 0.106. The van der Waals surface area contributed by atoms with Crippen molar-refractivity contribution in [2.75, 3.05) is 7.11 Å². The molecule has 0 amide bonds. The molecule has 11 heavy (non-hydrogen) atoms. The van der Waals surface area contributed by atoms with E-state index in [0.29, 0.717) is 0 Å². The maximum absolute atomic E-state index is 5.14. The molecule has 0 heterocycles. The molecule has 0 aromatic heterocycles. The molecule has 0 aromatic carbocycles. The van der Waals surface area contributed by atoms with Gasteiger partial charge in [0.05, 0.1) is 7.11 Å². The zero-order valence-corrected chi connectivity index (χ0v) is 7.29. The van der Waals surface area contributed by atoms with Gasteiger partial charge in [0, 0.05) is 5.41 Å². The molecule has 0 radical (unpaired) electrons. The smallest absolute Gasteiger partial charge is 0.115 e. The van der Waals surface area contributed by atoms with Gasteiger partial charge in [-0.1, -0.05) is 32.1 Å². The fourth-order valence-corrected chi connectivity index (χ4v) is 1.04. The first-order valence-electron chi connectivity index (χ1n) is 3.77. The van der Waals surface area contributed by atoms with E-state index in [9.17, 15) is 0 Å². The molecule has 0 saturated carbocycles. The fraction of sp³-hybridized carbons (Fsp3) is 0.400. The number of hydrogen-bond acceptors (Lipinski definition) is 1. The van der Waals surface area contributed by atoms with Gasteiger partial charge < -0.3 is 4.74 Å². The van der Waals surface area contributed by atoms with Gasteiger partial charge in [0.25, 0.3) is 0 Å². The predicted molar refractivity (Wildman–Crippen MR) is 47.2 cm³/mol. The lowest BCUT2D eigenvalue weighted by molar-refractivity contribution is 0.300. The van der Waals surface area contributed by atoms with Crippen LogP contribution in [0.15, 0.2) is 36.1 Å². The zero-order valence-electron chi connectivity index (χ0n) is 7.29. The zero-order chi connectivity index (χ0) is 8.32. The van der Waals surface area contributed by atoms with E-state index in [1.807, 2.05) is 18.2 Å². The van der Waals surface area contributed by atoms with E-state index in [1.165, 1.54) is 0 Å². The second-order valence-electron chi connectivity index (χ2n) is 3.29. The maximum atomic E-state index is 5.14. The van der Waals surface area contributed by atoms with Crippen LogP contribution in [0.3, 0.4) is 0 Å². The Labute approximate surface area is 68.1 Å². The third-order valence-corrected chi connectivity index (χ3v) is 1.65. The second kappa shape index (κ2) is 2.95. The molecule has 0 aromatic rings. The minimum absolute atomic E-state index is 0.106. The third kappa shape index (κ3) is 2.26. The molecule has 1 rings (SSSR count).